The lowest BCUT2D eigenvalue weighted by Gasteiger charge is -2.32. The number of fused-ring (bicyclic) bond motifs is 2. The fourth-order valence-electron chi connectivity index (χ4n) is 4.64. The van der Waals surface area contributed by atoms with E-state index in [1.165, 1.54) is 6.33 Å². The first-order chi connectivity index (χ1) is 15.0. The van der Waals surface area contributed by atoms with Crippen molar-refractivity contribution in [3.8, 4) is 0 Å². The van der Waals surface area contributed by atoms with Gasteiger partial charge >= 0.3 is 0 Å². The number of anilines is 1. The molecule has 3 aromatic rings. The summed E-state index contributed by atoms with van der Waals surface area (Å²) < 4.78 is 1.79. The largest absolute Gasteiger partial charge is 0.340 e. The summed E-state index contributed by atoms with van der Waals surface area (Å²) in [6.45, 7) is 5.45. The molecule has 8 heteroatoms. The van der Waals surface area contributed by atoms with Crippen LogP contribution in [0.2, 0.25) is 0 Å². The van der Waals surface area contributed by atoms with E-state index in [4.69, 9.17) is 0 Å². The van der Waals surface area contributed by atoms with Gasteiger partial charge in [-0.15, -0.1) is 0 Å². The van der Waals surface area contributed by atoms with Crippen LogP contribution in [-0.4, -0.2) is 69.4 Å². The number of hydrogen-bond donors (Lipinski definition) is 1. The Morgan fingerprint density at radius 1 is 1.19 bits per heavy atom. The van der Waals surface area contributed by atoms with Gasteiger partial charge in [-0.2, -0.15) is 5.10 Å². The topological polar surface area (TPSA) is 82.8 Å². The fourth-order valence-corrected chi connectivity index (χ4v) is 4.64. The molecule has 1 aromatic carbocycles. The predicted molar refractivity (Wildman–Crippen MR) is 117 cm³/mol. The number of nitrogens with zero attached hydrogens (tertiary/aromatic N) is 5. The van der Waals surface area contributed by atoms with Crippen molar-refractivity contribution in [2.45, 2.75) is 25.7 Å². The van der Waals surface area contributed by atoms with Crippen LogP contribution in [0, 0.1) is 6.92 Å². The monoisotopic (exact) mass is 418 g/mol. The highest BCUT2D eigenvalue weighted by molar-refractivity contribution is 6.05. The Hall–Kier alpha value is -3.26. The van der Waals surface area contributed by atoms with Gasteiger partial charge in [0.1, 0.15) is 12.2 Å². The third kappa shape index (κ3) is 3.46. The number of likely N-dealkylation sites (N-methyl/N-ethyl adjacent to an activating group) is 1. The molecular formula is C23H26N6O2. The second-order valence-corrected chi connectivity index (χ2v) is 8.41. The van der Waals surface area contributed by atoms with Gasteiger partial charge in [-0.1, -0.05) is 18.2 Å². The van der Waals surface area contributed by atoms with Crippen LogP contribution in [0.15, 0.2) is 36.8 Å². The Bertz CT molecular complexity index is 1160. The van der Waals surface area contributed by atoms with Crippen molar-refractivity contribution in [2.24, 2.45) is 0 Å². The molecule has 2 aliphatic rings. The zero-order valence-corrected chi connectivity index (χ0v) is 17.8. The van der Waals surface area contributed by atoms with E-state index >= 15 is 0 Å². The summed E-state index contributed by atoms with van der Waals surface area (Å²) in [7, 11) is 2.08. The third-order valence-corrected chi connectivity index (χ3v) is 6.49. The highest BCUT2D eigenvalue weighted by Gasteiger charge is 2.35. The maximum Gasteiger partial charge on any atom is 0.238 e. The summed E-state index contributed by atoms with van der Waals surface area (Å²) in [4.78, 5) is 34.2. The molecule has 1 saturated heterocycles. The minimum atomic E-state index is -0.463. The van der Waals surface area contributed by atoms with Crippen LogP contribution in [0.25, 0.3) is 5.52 Å². The summed E-state index contributed by atoms with van der Waals surface area (Å²) in [5.74, 6) is -0.345. The average molecular weight is 419 g/mol. The number of para-hydroxylation sites is 1. The number of piperazine rings is 1. The highest BCUT2D eigenvalue weighted by atomic mass is 16.2. The summed E-state index contributed by atoms with van der Waals surface area (Å²) in [5.41, 5.74) is 5.40. The summed E-state index contributed by atoms with van der Waals surface area (Å²) >= 11 is 0. The smallest absolute Gasteiger partial charge is 0.238 e. The molecule has 5 rings (SSSR count). The second kappa shape index (κ2) is 7.77. The molecule has 2 aliphatic heterocycles. The van der Waals surface area contributed by atoms with Crippen LogP contribution in [0.5, 0.6) is 0 Å². The second-order valence-electron chi connectivity index (χ2n) is 8.41. The van der Waals surface area contributed by atoms with Crippen molar-refractivity contribution in [1.82, 2.24) is 24.4 Å². The van der Waals surface area contributed by atoms with Gasteiger partial charge in [0.2, 0.25) is 11.8 Å². The molecule has 0 saturated carbocycles. The Morgan fingerprint density at radius 3 is 2.77 bits per heavy atom. The molecule has 0 bridgehead atoms. The number of hydrogen-bond acceptors (Lipinski definition) is 5. The molecule has 0 aliphatic carbocycles. The minimum Gasteiger partial charge on any atom is -0.340 e. The van der Waals surface area contributed by atoms with Crippen molar-refractivity contribution in [3.05, 3.63) is 59.2 Å². The molecule has 4 heterocycles. The van der Waals surface area contributed by atoms with Crippen molar-refractivity contribution >= 4 is 23.0 Å². The first kappa shape index (κ1) is 19.7. The maximum atomic E-state index is 12.8. The molecule has 2 amide bonds. The minimum absolute atomic E-state index is 0.0748. The molecule has 1 N–H and O–H groups in total. The molecule has 1 atom stereocenters. The number of benzene rings is 1. The Labute approximate surface area is 180 Å². The Morgan fingerprint density at radius 2 is 1.97 bits per heavy atom. The standard InChI is InChI=1S/C23H26N6O2/c1-15-16(7-8-19(30)28-11-9-27(2)10-12-28)13-29-22(15)21(24-14-25-29)20-17-5-3-4-6-18(17)26-23(20)31/h3-6,13-14,20H,7-12H2,1-2H3,(H,26,31). The highest BCUT2D eigenvalue weighted by Crippen LogP contribution is 2.38. The van der Waals surface area contributed by atoms with Gasteiger partial charge in [-0.3, -0.25) is 9.59 Å². The van der Waals surface area contributed by atoms with E-state index in [2.05, 4.69) is 27.3 Å². The molecule has 8 nitrogen and oxygen atoms in total. The van der Waals surface area contributed by atoms with Crippen LogP contribution in [0.4, 0.5) is 5.69 Å². The van der Waals surface area contributed by atoms with Gasteiger partial charge in [0.25, 0.3) is 0 Å². The molecule has 1 unspecified atom stereocenters. The lowest BCUT2D eigenvalue weighted by molar-refractivity contribution is -0.132. The normalized spacial score (nSPS) is 19.0. The number of rotatable bonds is 4. The first-order valence-electron chi connectivity index (χ1n) is 10.7. The maximum absolute atomic E-state index is 12.8. The molecular weight excluding hydrogens is 392 g/mol. The molecule has 31 heavy (non-hydrogen) atoms. The average Bonchev–Trinajstić information content (AvgIpc) is 3.28. The number of aryl methyl sites for hydroxylation is 2. The summed E-state index contributed by atoms with van der Waals surface area (Å²) in [6.07, 6.45) is 4.57. The van der Waals surface area contributed by atoms with E-state index in [-0.39, 0.29) is 11.8 Å². The summed E-state index contributed by atoms with van der Waals surface area (Å²) in [5, 5.41) is 7.33. The quantitative estimate of drug-likeness (QED) is 0.699. The van der Waals surface area contributed by atoms with Crippen molar-refractivity contribution in [3.63, 3.8) is 0 Å². The van der Waals surface area contributed by atoms with E-state index in [9.17, 15) is 9.59 Å². The molecule has 1 fully saturated rings. The van der Waals surface area contributed by atoms with Crippen LogP contribution in [-0.2, 0) is 16.0 Å². The van der Waals surface area contributed by atoms with Crippen molar-refractivity contribution in [1.29, 1.82) is 0 Å². The van der Waals surface area contributed by atoms with Gasteiger partial charge in [0.15, 0.2) is 0 Å². The number of carbonyl (C=O) groups is 2. The Kier molecular flexibility index (Phi) is 4.94. The lowest BCUT2D eigenvalue weighted by Crippen LogP contribution is -2.47. The van der Waals surface area contributed by atoms with Gasteiger partial charge in [-0.05, 0) is 43.1 Å². The van der Waals surface area contributed by atoms with Gasteiger partial charge in [0.05, 0.1) is 11.2 Å². The number of nitrogens with one attached hydrogen (secondary N) is 1. The third-order valence-electron chi connectivity index (χ3n) is 6.49. The molecule has 160 valence electrons. The zero-order chi connectivity index (χ0) is 21.5. The zero-order valence-electron chi connectivity index (χ0n) is 17.8. The van der Waals surface area contributed by atoms with E-state index in [1.54, 1.807) is 4.52 Å². The van der Waals surface area contributed by atoms with E-state index in [0.717, 1.165) is 54.1 Å². The first-order valence-corrected chi connectivity index (χ1v) is 10.7. The molecule has 2 aromatic heterocycles. The lowest BCUT2D eigenvalue weighted by atomic mass is 9.95. The molecule has 0 spiro atoms. The van der Waals surface area contributed by atoms with E-state index in [0.29, 0.717) is 18.5 Å². The van der Waals surface area contributed by atoms with E-state index in [1.807, 2.05) is 42.3 Å². The van der Waals surface area contributed by atoms with Gasteiger partial charge < -0.3 is 15.1 Å². The molecule has 0 radical (unpaired) electrons. The van der Waals surface area contributed by atoms with Crippen LogP contribution >= 0.6 is 0 Å². The Balaban J connectivity index is 1.42. The van der Waals surface area contributed by atoms with Crippen molar-refractivity contribution in [2.75, 3.05) is 38.5 Å². The van der Waals surface area contributed by atoms with Gasteiger partial charge in [0, 0.05) is 44.5 Å². The van der Waals surface area contributed by atoms with Crippen LogP contribution in [0.3, 0.4) is 0 Å². The van der Waals surface area contributed by atoms with Crippen molar-refractivity contribution < 1.29 is 9.59 Å². The number of amides is 2. The summed E-state index contributed by atoms with van der Waals surface area (Å²) in [6, 6.07) is 7.72. The van der Waals surface area contributed by atoms with Gasteiger partial charge in [-0.25, -0.2) is 9.50 Å². The number of carbonyl (C=O) groups excluding carboxylic acids is 2. The van der Waals surface area contributed by atoms with E-state index < -0.39 is 5.92 Å². The predicted octanol–water partition coefficient (Wildman–Crippen LogP) is 1.83. The van der Waals surface area contributed by atoms with Crippen LogP contribution in [0.1, 0.15) is 34.7 Å². The number of aromatic nitrogens is 3. The fraction of sp³-hybridized carbons (Fsp3) is 0.391. The van der Waals surface area contributed by atoms with Crippen LogP contribution < -0.4 is 5.32 Å². The SMILES string of the molecule is Cc1c(CCC(=O)N2CCN(C)CC2)cn2ncnc(C3C(=O)Nc4ccccc43)c12.